The first kappa shape index (κ1) is 16.3. The fourth-order valence-corrected chi connectivity index (χ4v) is 5.35. The van der Waals surface area contributed by atoms with Gasteiger partial charge in [0.25, 0.3) is 0 Å². The maximum atomic E-state index is 5.74. The highest BCUT2D eigenvalue weighted by atomic mass is 16.5. The van der Waals surface area contributed by atoms with Crippen molar-refractivity contribution in [1.29, 1.82) is 0 Å². The standard InChI is InChI=1S/C19H34N2O2/c1-16(2)21-8-5-19(14-23-15-19)17(11-21)10-20-7-3-4-18(12-20)6-9-22-13-18/h16-17H,3-15H2,1-2H3. The summed E-state index contributed by atoms with van der Waals surface area (Å²) in [5.74, 6) is 0.782. The summed E-state index contributed by atoms with van der Waals surface area (Å²) < 4.78 is 11.4. The lowest BCUT2D eigenvalue weighted by Crippen LogP contribution is -2.61. The normalized spacial score (nSPS) is 38.5. The lowest BCUT2D eigenvalue weighted by Gasteiger charge is -2.55. The van der Waals surface area contributed by atoms with Crippen molar-refractivity contribution in [3.05, 3.63) is 0 Å². The lowest BCUT2D eigenvalue weighted by atomic mass is 9.67. The number of rotatable bonds is 3. The SMILES string of the molecule is CC(C)N1CCC2(COC2)C(CN2CCCC3(CCOC3)C2)C1. The fourth-order valence-electron chi connectivity index (χ4n) is 5.35. The van der Waals surface area contributed by atoms with E-state index in [1.54, 1.807) is 0 Å². The molecule has 2 spiro atoms. The predicted molar refractivity (Wildman–Crippen MR) is 91.6 cm³/mol. The van der Waals surface area contributed by atoms with Gasteiger partial charge < -0.3 is 19.3 Å². The Hall–Kier alpha value is -0.160. The topological polar surface area (TPSA) is 24.9 Å². The molecule has 0 N–H and O–H groups in total. The van der Waals surface area contributed by atoms with Gasteiger partial charge in [0.2, 0.25) is 0 Å². The summed E-state index contributed by atoms with van der Waals surface area (Å²) in [6.45, 7) is 15.0. The molecular formula is C19H34N2O2. The molecule has 0 aromatic heterocycles. The molecule has 4 fully saturated rings. The molecule has 4 aliphatic rings. The number of ether oxygens (including phenoxy) is 2. The van der Waals surface area contributed by atoms with Gasteiger partial charge in [-0.3, -0.25) is 0 Å². The Morgan fingerprint density at radius 3 is 2.57 bits per heavy atom. The zero-order valence-corrected chi connectivity index (χ0v) is 15.1. The first-order valence-corrected chi connectivity index (χ1v) is 9.73. The Kier molecular flexibility index (Phi) is 4.46. The highest BCUT2D eigenvalue weighted by Gasteiger charge is 2.50. The predicted octanol–water partition coefficient (Wildman–Crippen LogP) is 2.24. The highest BCUT2D eigenvalue weighted by Crippen LogP contribution is 2.45. The molecule has 4 saturated heterocycles. The highest BCUT2D eigenvalue weighted by molar-refractivity contribution is 5.00. The van der Waals surface area contributed by atoms with Crippen LogP contribution in [0.25, 0.3) is 0 Å². The van der Waals surface area contributed by atoms with Crippen molar-refractivity contribution in [2.45, 2.75) is 45.6 Å². The van der Waals surface area contributed by atoms with E-state index >= 15 is 0 Å². The van der Waals surface area contributed by atoms with E-state index in [1.807, 2.05) is 0 Å². The van der Waals surface area contributed by atoms with Crippen LogP contribution in [-0.2, 0) is 9.47 Å². The van der Waals surface area contributed by atoms with Crippen LogP contribution in [-0.4, -0.2) is 75.0 Å². The van der Waals surface area contributed by atoms with Gasteiger partial charge in [0.15, 0.2) is 0 Å². The molecule has 0 aromatic rings. The molecule has 0 radical (unpaired) electrons. The zero-order valence-electron chi connectivity index (χ0n) is 15.1. The van der Waals surface area contributed by atoms with E-state index in [9.17, 15) is 0 Å². The van der Waals surface area contributed by atoms with Crippen LogP contribution in [0.4, 0.5) is 0 Å². The third-order valence-corrected chi connectivity index (χ3v) is 7.13. The van der Waals surface area contributed by atoms with Gasteiger partial charge in [-0.25, -0.2) is 0 Å². The van der Waals surface area contributed by atoms with Crippen molar-refractivity contribution in [3.8, 4) is 0 Å². The van der Waals surface area contributed by atoms with Crippen molar-refractivity contribution in [2.75, 3.05) is 59.2 Å². The molecule has 0 amide bonds. The van der Waals surface area contributed by atoms with E-state index in [0.717, 1.165) is 32.3 Å². The Balaban J connectivity index is 1.42. The summed E-state index contributed by atoms with van der Waals surface area (Å²) in [6, 6.07) is 0.673. The van der Waals surface area contributed by atoms with E-state index < -0.39 is 0 Å². The maximum absolute atomic E-state index is 5.74. The summed E-state index contributed by atoms with van der Waals surface area (Å²) >= 11 is 0. The van der Waals surface area contributed by atoms with E-state index in [4.69, 9.17) is 9.47 Å². The molecule has 2 atom stereocenters. The summed E-state index contributed by atoms with van der Waals surface area (Å²) in [7, 11) is 0. The fraction of sp³-hybridized carbons (Fsp3) is 1.00. The van der Waals surface area contributed by atoms with Crippen LogP contribution in [0.1, 0.15) is 39.5 Å². The summed E-state index contributed by atoms with van der Waals surface area (Å²) in [5.41, 5.74) is 0.968. The molecule has 132 valence electrons. The van der Waals surface area contributed by atoms with Crippen LogP contribution >= 0.6 is 0 Å². The number of likely N-dealkylation sites (tertiary alicyclic amines) is 2. The van der Waals surface area contributed by atoms with Crippen LogP contribution in [0.5, 0.6) is 0 Å². The van der Waals surface area contributed by atoms with Crippen LogP contribution < -0.4 is 0 Å². The number of piperidine rings is 2. The van der Waals surface area contributed by atoms with Crippen molar-refractivity contribution < 1.29 is 9.47 Å². The summed E-state index contributed by atoms with van der Waals surface area (Å²) in [5, 5.41) is 0. The van der Waals surface area contributed by atoms with Crippen molar-refractivity contribution in [3.63, 3.8) is 0 Å². The lowest BCUT2D eigenvalue weighted by molar-refractivity contribution is -0.180. The molecule has 4 rings (SSSR count). The first-order valence-electron chi connectivity index (χ1n) is 9.73. The Bertz CT molecular complexity index is 416. The Morgan fingerprint density at radius 1 is 1.04 bits per heavy atom. The molecule has 2 unspecified atom stereocenters. The second-order valence-electron chi connectivity index (χ2n) is 9.03. The smallest absolute Gasteiger partial charge is 0.0548 e. The van der Waals surface area contributed by atoms with E-state index in [0.29, 0.717) is 16.9 Å². The van der Waals surface area contributed by atoms with Crippen LogP contribution in [0.3, 0.4) is 0 Å². The zero-order chi connectivity index (χ0) is 15.9. The van der Waals surface area contributed by atoms with Gasteiger partial charge in [0.05, 0.1) is 19.8 Å². The van der Waals surface area contributed by atoms with Gasteiger partial charge in [0.1, 0.15) is 0 Å². The minimum absolute atomic E-state index is 0.480. The van der Waals surface area contributed by atoms with Gasteiger partial charge in [0, 0.05) is 43.1 Å². The molecule has 23 heavy (non-hydrogen) atoms. The van der Waals surface area contributed by atoms with Gasteiger partial charge in [-0.2, -0.15) is 0 Å². The number of hydrogen-bond donors (Lipinski definition) is 0. The van der Waals surface area contributed by atoms with Crippen molar-refractivity contribution in [1.82, 2.24) is 9.80 Å². The van der Waals surface area contributed by atoms with Gasteiger partial charge in [-0.1, -0.05) is 0 Å². The molecular weight excluding hydrogens is 288 g/mol. The molecule has 4 heteroatoms. The molecule has 4 nitrogen and oxygen atoms in total. The van der Waals surface area contributed by atoms with Crippen LogP contribution in [0.15, 0.2) is 0 Å². The molecule has 0 aromatic carbocycles. The number of nitrogens with zero attached hydrogens (tertiary/aromatic N) is 2. The second kappa shape index (κ2) is 6.29. The second-order valence-corrected chi connectivity index (χ2v) is 9.03. The van der Waals surface area contributed by atoms with Crippen molar-refractivity contribution in [2.24, 2.45) is 16.7 Å². The number of hydrogen-bond acceptors (Lipinski definition) is 4. The minimum Gasteiger partial charge on any atom is -0.381 e. The van der Waals surface area contributed by atoms with Gasteiger partial charge >= 0.3 is 0 Å². The molecule has 4 heterocycles. The third-order valence-electron chi connectivity index (χ3n) is 7.13. The van der Waals surface area contributed by atoms with Gasteiger partial charge in [-0.15, -0.1) is 0 Å². The minimum atomic E-state index is 0.480. The molecule has 0 bridgehead atoms. The van der Waals surface area contributed by atoms with E-state index in [2.05, 4.69) is 23.6 Å². The molecule has 4 aliphatic heterocycles. The van der Waals surface area contributed by atoms with Crippen molar-refractivity contribution >= 4 is 0 Å². The molecule has 0 saturated carbocycles. The van der Waals surface area contributed by atoms with Crippen LogP contribution in [0, 0.1) is 16.7 Å². The largest absolute Gasteiger partial charge is 0.381 e. The van der Waals surface area contributed by atoms with E-state index in [-0.39, 0.29) is 0 Å². The first-order chi connectivity index (χ1) is 11.1. The van der Waals surface area contributed by atoms with Crippen LogP contribution in [0.2, 0.25) is 0 Å². The van der Waals surface area contributed by atoms with Gasteiger partial charge in [-0.05, 0) is 58.5 Å². The van der Waals surface area contributed by atoms with E-state index in [1.165, 1.54) is 58.4 Å². The summed E-state index contributed by atoms with van der Waals surface area (Å²) in [4.78, 5) is 5.46. The monoisotopic (exact) mass is 322 g/mol. The Labute approximate surface area is 141 Å². The quantitative estimate of drug-likeness (QED) is 0.795. The third kappa shape index (κ3) is 3.08. The Morgan fingerprint density at radius 2 is 1.91 bits per heavy atom. The average Bonchev–Trinajstić information content (AvgIpc) is 2.93. The average molecular weight is 322 g/mol. The summed E-state index contributed by atoms with van der Waals surface area (Å²) in [6.07, 6.45) is 5.34. The maximum Gasteiger partial charge on any atom is 0.0548 e. The molecule has 0 aliphatic carbocycles.